The van der Waals surface area contributed by atoms with Crippen LogP contribution < -0.4 is 24.4 Å². The molecule has 2 N–H and O–H groups in total. The molecule has 0 bridgehead atoms. The van der Waals surface area contributed by atoms with Gasteiger partial charge in [0.05, 0.1) is 5.69 Å². The fourth-order valence-corrected chi connectivity index (χ4v) is 6.20. The van der Waals surface area contributed by atoms with Crippen molar-refractivity contribution in [1.29, 1.82) is 0 Å². The number of hydrogen-bond donors (Lipinski definition) is 2. The quantitative estimate of drug-likeness (QED) is 0.451. The van der Waals surface area contributed by atoms with Crippen molar-refractivity contribution in [3.63, 3.8) is 0 Å². The van der Waals surface area contributed by atoms with Gasteiger partial charge in [-0.25, -0.2) is 13.1 Å². The fourth-order valence-electron chi connectivity index (χ4n) is 4.72. The Hall–Kier alpha value is -3.60. The minimum Gasteiger partial charge on any atom is -0.454 e. The van der Waals surface area contributed by atoms with Crippen LogP contribution in [0.1, 0.15) is 35.8 Å². The van der Waals surface area contributed by atoms with Crippen LogP contribution in [0.5, 0.6) is 11.5 Å². The van der Waals surface area contributed by atoms with Gasteiger partial charge in [0.2, 0.25) is 16.8 Å². The zero-order chi connectivity index (χ0) is 26.7. The molecule has 2 aliphatic rings. The van der Waals surface area contributed by atoms with E-state index in [1.54, 1.807) is 30.3 Å². The summed E-state index contributed by atoms with van der Waals surface area (Å²) in [5, 5.41) is 2.84. The minimum atomic E-state index is -3.93. The molecule has 0 aromatic heterocycles. The van der Waals surface area contributed by atoms with Crippen LogP contribution in [0.25, 0.3) is 0 Å². The molecule has 3 aromatic rings. The second kappa shape index (κ2) is 11.0. The summed E-state index contributed by atoms with van der Waals surface area (Å²) in [6, 6.07) is 19.0. The maximum Gasteiger partial charge on any atom is 0.255 e. The first-order valence-corrected chi connectivity index (χ1v) is 14.2. The van der Waals surface area contributed by atoms with Crippen molar-refractivity contribution >= 4 is 27.3 Å². The maximum atomic E-state index is 13.7. The number of carbonyl (C=O) groups is 1. The lowest BCUT2D eigenvalue weighted by Crippen LogP contribution is -2.46. The number of anilines is 2. The lowest BCUT2D eigenvalue weighted by Gasteiger charge is -2.36. The summed E-state index contributed by atoms with van der Waals surface area (Å²) >= 11 is 0. The van der Waals surface area contributed by atoms with Crippen molar-refractivity contribution < 1.29 is 22.7 Å². The number of amides is 1. The van der Waals surface area contributed by atoms with E-state index in [1.807, 2.05) is 37.3 Å². The molecule has 1 atom stereocenters. The first-order chi connectivity index (χ1) is 18.3. The van der Waals surface area contributed by atoms with E-state index in [4.69, 9.17) is 9.47 Å². The Kier molecular flexibility index (Phi) is 7.55. The van der Waals surface area contributed by atoms with Crippen LogP contribution in [0.4, 0.5) is 11.4 Å². The molecule has 9 nitrogen and oxygen atoms in total. The number of piperazine rings is 1. The summed E-state index contributed by atoms with van der Waals surface area (Å²) in [6.45, 7) is 8.15. The highest BCUT2D eigenvalue weighted by Gasteiger charge is 2.27. The molecule has 1 fully saturated rings. The highest BCUT2D eigenvalue weighted by atomic mass is 32.2. The van der Waals surface area contributed by atoms with Crippen LogP contribution in [0, 0.1) is 0 Å². The zero-order valence-corrected chi connectivity index (χ0v) is 22.3. The summed E-state index contributed by atoms with van der Waals surface area (Å²) in [4.78, 5) is 17.6. The average molecular weight is 537 g/mol. The van der Waals surface area contributed by atoms with E-state index in [1.165, 1.54) is 6.07 Å². The smallest absolute Gasteiger partial charge is 0.255 e. The second-order valence-electron chi connectivity index (χ2n) is 9.38. The minimum absolute atomic E-state index is 0.115. The highest BCUT2D eigenvalue weighted by molar-refractivity contribution is 7.89. The lowest BCUT2D eigenvalue weighted by atomic mass is 10.1. The molecule has 0 radical (unpaired) electrons. The fraction of sp³-hybridized carbons (Fsp3) is 0.321. The van der Waals surface area contributed by atoms with Crippen LogP contribution in [-0.4, -0.2) is 58.7 Å². The Labute approximate surface area is 223 Å². The number of ether oxygens (including phenoxy) is 2. The number of fused-ring (bicyclic) bond motifs is 1. The second-order valence-corrected chi connectivity index (χ2v) is 11.1. The molecule has 0 spiro atoms. The number of likely N-dealkylation sites (N-methyl/N-ethyl adjacent to an activating group) is 1. The molecule has 10 heteroatoms. The van der Waals surface area contributed by atoms with E-state index in [0.29, 0.717) is 41.5 Å². The summed E-state index contributed by atoms with van der Waals surface area (Å²) in [6.07, 6.45) is 0. The van der Waals surface area contributed by atoms with Crippen LogP contribution in [0.15, 0.2) is 71.6 Å². The number of carbonyl (C=O) groups excluding carboxylic acids is 1. The van der Waals surface area contributed by atoms with Crippen LogP contribution >= 0.6 is 0 Å². The van der Waals surface area contributed by atoms with E-state index >= 15 is 0 Å². The van der Waals surface area contributed by atoms with Crippen LogP contribution in [0.3, 0.4) is 0 Å². The first kappa shape index (κ1) is 26.0. The third kappa shape index (κ3) is 5.62. The molecule has 5 rings (SSSR count). The van der Waals surface area contributed by atoms with Crippen LogP contribution in [-0.2, 0) is 10.0 Å². The first-order valence-electron chi connectivity index (χ1n) is 12.7. The van der Waals surface area contributed by atoms with E-state index in [0.717, 1.165) is 25.2 Å². The number of hydrogen-bond acceptors (Lipinski definition) is 7. The van der Waals surface area contributed by atoms with E-state index in [2.05, 4.69) is 26.8 Å². The van der Waals surface area contributed by atoms with E-state index in [-0.39, 0.29) is 17.6 Å². The van der Waals surface area contributed by atoms with Crippen molar-refractivity contribution in [3.8, 4) is 11.5 Å². The van der Waals surface area contributed by atoms with E-state index < -0.39 is 16.1 Å². The molecule has 1 amide bonds. The number of nitrogens with one attached hydrogen (secondary N) is 2. The van der Waals surface area contributed by atoms with Crippen LogP contribution in [0.2, 0.25) is 0 Å². The Morgan fingerprint density at radius 3 is 2.42 bits per heavy atom. The molecule has 200 valence electrons. The monoisotopic (exact) mass is 536 g/mol. The highest BCUT2D eigenvalue weighted by Crippen LogP contribution is 2.34. The maximum absolute atomic E-state index is 13.7. The van der Waals surface area contributed by atoms with Gasteiger partial charge in [0.15, 0.2) is 11.5 Å². The average Bonchev–Trinajstić information content (AvgIpc) is 3.41. The number of sulfonamides is 1. The molecule has 3 aromatic carbocycles. The topological polar surface area (TPSA) is 100 Å². The van der Waals surface area contributed by atoms with Crippen molar-refractivity contribution in [3.05, 3.63) is 77.9 Å². The van der Waals surface area contributed by atoms with Gasteiger partial charge >= 0.3 is 0 Å². The van der Waals surface area contributed by atoms with Gasteiger partial charge in [-0.3, -0.25) is 4.79 Å². The van der Waals surface area contributed by atoms with Gasteiger partial charge < -0.3 is 24.6 Å². The van der Waals surface area contributed by atoms with Crippen molar-refractivity contribution in [2.45, 2.75) is 24.8 Å². The van der Waals surface area contributed by atoms with E-state index in [9.17, 15) is 13.2 Å². The molecule has 0 unspecified atom stereocenters. The Morgan fingerprint density at radius 1 is 0.947 bits per heavy atom. The molecule has 2 heterocycles. The standard InChI is InChI=1S/C28H32N4O5S/c1-3-31-13-15-32(16-14-31)24-11-10-23(29-28(33)22-9-12-25-26(17-22)37-19-36-25)18-27(24)38(34,35)30-20(2)21-7-5-4-6-8-21/h4-12,17-18,20,30H,3,13-16,19H2,1-2H3,(H,29,33)/t20-/m0/s1. The van der Waals surface area contributed by atoms with Gasteiger partial charge in [-0.15, -0.1) is 0 Å². The number of rotatable bonds is 8. The van der Waals surface area contributed by atoms with Crippen molar-refractivity contribution in [1.82, 2.24) is 9.62 Å². The normalized spacial score (nSPS) is 16.3. The predicted molar refractivity (Wildman–Crippen MR) is 146 cm³/mol. The molecule has 0 aliphatic carbocycles. The van der Waals surface area contributed by atoms with Gasteiger partial charge in [0.25, 0.3) is 5.91 Å². The molecule has 1 saturated heterocycles. The number of nitrogens with zero attached hydrogens (tertiary/aromatic N) is 2. The lowest BCUT2D eigenvalue weighted by molar-refractivity contribution is 0.102. The molecular weight excluding hydrogens is 504 g/mol. The zero-order valence-electron chi connectivity index (χ0n) is 21.5. The third-order valence-electron chi connectivity index (χ3n) is 6.93. The molecular formula is C28H32N4O5S. The van der Waals surface area contributed by atoms with Crippen molar-refractivity contribution in [2.24, 2.45) is 0 Å². The largest absolute Gasteiger partial charge is 0.454 e. The molecule has 38 heavy (non-hydrogen) atoms. The van der Waals surface area contributed by atoms with Gasteiger partial charge in [0, 0.05) is 43.5 Å². The Balaban J connectivity index is 1.44. The van der Waals surface area contributed by atoms with Gasteiger partial charge in [-0.05, 0) is 55.4 Å². The predicted octanol–water partition coefficient (Wildman–Crippen LogP) is 3.85. The summed E-state index contributed by atoms with van der Waals surface area (Å²) in [5.74, 6) is 0.712. The summed E-state index contributed by atoms with van der Waals surface area (Å²) < 4.78 is 41.0. The summed E-state index contributed by atoms with van der Waals surface area (Å²) in [5.41, 5.74) is 2.25. The van der Waals surface area contributed by atoms with Gasteiger partial charge in [-0.1, -0.05) is 37.3 Å². The van der Waals surface area contributed by atoms with Gasteiger partial charge in [-0.2, -0.15) is 0 Å². The Morgan fingerprint density at radius 2 is 1.68 bits per heavy atom. The number of benzene rings is 3. The van der Waals surface area contributed by atoms with Crippen molar-refractivity contribution in [2.75, 3.05) is 49.7 Å². The summed E-state index contributed by atoms with van der Waals surface area (Å²) in [7, 11) is -3.93. The SMILES string of the molecule is CCN1CCN(c2ccc(NC(=O)c3ccc4c(c3)OCO4)cc2S(=O)(=O)N[C@@H](C)c2ccccc2)CC1. The molecule has 0 saturated carbocycles. The third-order valence-corrected chi connectivity index (χ3v) is 8.50. The van der Waals surface area contributed by atoms with Gasteiger partial charge in [0.1, 0.15) is 4.90 Å². The molecule has 2 aliphatic heterocycles. The Bertz CT molecular complexity index is 1410.